The number of hydrogen-bond donors (Lipinski definition) is 2. The highest BCUT2D eigenvalue weighted by molar-refractivity contribution is 5.92. The van der Waals surface area contributed by atoms with Gasteiger partial charge in [0.2, 0.25) is 0 Å². The molecule has 6 nitrogen and oxygen atoms in total. The number of carbonyl (C=O) groups excluding carboxylic acids is 1. The SMILES string of the molecule is CC(C)c1cc2c(cc1C(=O)OCCC(=O)O)C1(C)CCCC(C)(C(=O)O)C1CC2. The van der Waals surface area contributed by atoms with Gasteiger partial charge in [0.05, 0.1) is 17.4 Å². The summed E-state index contributed by atoms with van der Waals surface area (Å²) in [5.74, 6) is -2.15. The van der Waals surface area contributed by atoms with E-state index in [0.717, 1.165) is 36.8 Å². The third kappa shape index (κ3) is 3.72. The van der Waals surface area contributed by atoms with Crippen LogP contribution in [-0.2, 0) is 26.2 Å². The van der Waals surface area contributed by atoms with Crippen LogP contribution >= 0.6 is 0 Å². The molecule has 30 heavy (non-hydrogen) atoms. The van der Waals surface area contributed by atoms with Crippen molar-refractivity contribution in [3.63, 3.8) is 0 Å². The van der Waals surface area contributed by atoms with E-state index < -0.39 is 23.3 Å². The Morgan fingerprint density at radius 1 is 1.17 bits per heavy atom. The highest BCUT2D eigenvalue weighted by atomic mass is 16.5. The summed E-state index contributed by atoms with van der Waals surface area (Å²) in [4.78, 5) is 35.7. The number of carbonyl (C=O) groups is 3. The maximum Gasteiger partial charge on any atom is 0.338 e. The van der Waals surface area contributed by atoms with Crippen LogP contribution in [0.3, 0.4) is 0 Å². The largest absolute Gasteiger partial charge is 0.481 e. The lowest BCUT2D eigenvalue weighted by molar-refractivity contribution is -0.157. The van der Waals surface area contributed by atoms with E-state index in [9.17, 15) is 19.5 Å². The molecule has 0 radical (unpaired) electrons. The Balaban J connectivity index is 2.05. The van der Waals surface area contributed by atoms with E-state index >= 15 is 0 Å². The van der Waals surface area contributed by atoms with Crippen LogP contribution in [0.5, 0.6) is 0 Å². The van der Waals surface area contributed by atoms with Crippen molar-refractivity contribution in [1.29, 1.82) is 0 Å². The molecule has 0 aliphatic heterocycles. The first kappa shape index (κ1) is 22.3. The fourth-order valence-electron chi connectivity index (χ4n) is 5.76. The summed E-state index contributed by atoms with van der Waals surface area (Å²) >= 11 is 0. The lowest BCUT2D eigenvalue weighted by Gasteiger charge is -2.53. The van der Waals surface area contributed by atoms with Crippen LogP contribution in [0.15, 0.2) is 12.1 Å². The summed E-state index contributed by atoms with van der Waals surface area (Å²) in [6.07, 6.45) is 3.79. The monoisotopic (exact) mass is 416 g/mol. The summed E-state index contributed by atoms with van der Waals surface area (Å²) < 4.78 is 5.26. The van der Waals surface area contributed by atoms with Crippen LogP contribution in [0.4, 0.5) is 0 Å². The van der Waals surface area contributed by atoms with Crippen LogP contribution in [-0.4, -0.2) is 34.7 Å². The molecule has 0 bridgehead atoms. The minimum atomic E-state index is -1.01. The Hall–Kier alpha value is -2.37. The molecule has 3 unspecified atom stereocenters. The number of aryl methyl sites for hydroxylation is 1. The van der Waals surface area contributed by atoms with Crippen molar-refractivity contribution < 1.29 is 29.3 Å². The van der Waals surface area contributed by atoms with Crippen LogP contribution < -0.4 is 0 Å². The number of ether oxygens (including phenoxy) is 1. The van der Waals surface area contributed by atoms with Gasteiger partial charge < -0.3 is 14.9 Å². The quantitative estimate of drug-likeness (QED) is 0.661. The number of carboxylic acids is 2. The zero-order chi connectivity index (χ0) is 22.3. The second kappa shape index (κ2) is 8.05. The van der Waals surface area contributed by atoms with Gasteiger partial charge in [-0.2, -0.15) is 0 Å². The van der Waals surface area contributed by atoms with E-state index in [1.807, 2.05) is 26.8 Å². The second-order valence-corrected chi connectivity index (χ2v) is 9.62. The highest BCUT2D eigenvalue weighted by Gasteiger charge is 2.55. The first-order valence-corrected chi connectivity index (χ1v) is 10.8. The molecule has 2 N–H and O–H groups in total. The van der Waals surface area contributed by atoms with Crippen LogP contribution in [0.2, 0.25) is 0 Å². The van der Waals surface area contributed by atoms with Gasteiger partial charge in [0.25, 0.3) is 0 Å². The summed E-state index contributed by atoms with van der Waals surface area (Å²) in [5, 5.41) is 18.8. The third-order valence-corrected chi connectivity index (χ3v) is 7.40. The zero-order valence-electron chi connectivity index (χ0n) is 18.3. The first-order chi connectivity index (χ1) is 14.0. The van der Waals surface area contributed by atoms with E-state index in [4.69, 9.17) is 9.84 Å². The second-order valence-electron chi connectivity index (χ2n) is 9.62. The third-order valence-electron chi connectivity index (χ3n) is 7.40. The molecule has 1 fully saturated rings. The van der Waals surface area contributed by atoms with E-state index in [-0.39, 0.29) is 30.3 Å². The number of fused-ring (bicyclic) bond motifs is 3. The average molecular weight is 417 g/mol. The molecule has 1 aromatic rings. The number of hydrogen-bond acceptors (Lipinski definition) is 4. The van der Waals surface area contributed by atoms with Crippen molar-refractivity contribution in [3.05, 3.63) is 34.4 Å². The van der Waals surface area contributed by atoms with E-state index in [1.54, 1.807) is 0 Å². The lowest BCUT2D eigenvalue weighted by Crippen LogP contribution is -2.52. The normalized spacial score (nSPS) is 27.8. The molecular weight excluding hydrogens is 384 g/mol. The smallest absolute Gasteiger partial charge is 0.338 e. The van der Waals surface area contributed by atoms with Gasteiger partial charge in [0.15, 0.2) is 0 Å². The van der Waals surface area contributed by atoms with E-state index in [2.05, 4.69) is 13.0 Å². The molecule has 0 heterocycles. The number of rotatable bonds is 6. The van der Waals surface area contributed by atoms with E-state index in [0.29, 0.717) is 12.0 Å². The molecule has 6 heteroatoms. The first-order valence-electron chi connectivity index (χ1n) is 10.8. The van der Waals surface area contributed by atoms with Gasteiger partial charge in [-0.15, -0.1) is 0 Å². The van der Waals surface area contributed by atoms with Gasteiger partial charge >= 0.3 is 17.9 Å². The molecule has 0 spiro atoms. The molecule has 1 saturated carbocycles. The van der Waals surface area contributed by atoms with Gasteiger partial charge in [-0.3, -0.25) is 9.59 Å². The molecule has 2 aliphatic carbocycles. The Bertz CT molecular complexity index is 873. The van der Waals surface area contributed by atoms with Crippen molar-refractivity contribution in [2.75, 3.05) is 6.61 Å². The van der Waals surface area contributed by atoms with Crippen LogP contribution in [0.1, 0.15) is 92.8 Å². The molecule has 3 atom stereocenters. The van der Waals surface area contributed by atoms with Crippen molar-refractivity contribution in [3.8, 4) is 0 Å². The molecule has 0 aromatic heterocycles. The van der Waals surface area contributed by atoms with Crippen molar-refractivity contribution in [2.24, 2.45) is 11.3 Å². The van der Waals surface area contributed by atoms with Crippen molar-refractivity contribution in [1.82, 2.24) is 0 Å². The van der Waals surface area contributed by atoms with Gasteiger partial charge in [-0.05, 0) is 72.6 Å². The lowest BCUT2D eigenvalue weighted by atomic mass is 9.49. The molecule has 0 saturated heterocycles. The Morgan fingerprint density at radius 3 is 2.47 bits per heavy atom. The molecule has 1 aromatic carbocycles. The Kier molecular flexibility index (Phi) is 5.99. The topological polar surface area (TPSA) is 101 Å². The van der Waals surface area contributed by atoms with Crippen molar-refractivity contribution >= 4 is 17.9 Å². The highest BCUT2D eigenvalue weighted by Crippen LogP contribution is 2.57. The number of benzene rings is 1. The fraction of sp³-hybridized carbons (Fsp3) is 0.625. The van der Waals surface area contributed by atoms with Gasteiger partial charge in [0, 0.05) is 0 Å². The molecule has 3 rings (SSSR count). The van der Waals surface area contributed by atoms with Gasteiger partial charge in [0.1, 0.15) is 6.61 Å². The minimum Gasteiger partial charge on any atom is -0.481 e. The van der Waals surface area contributed by atoms with Crippen LogP contribution in [0.25, 0.3) is 0 Å². The van der Waals surface area contributed by atoms with Gasteiger partial charge in [-0.25, -0.2) is 4.79 Å². The average Bonchev–Trinajstić information content (AvgIpc) is 2.66. The summed E-state index contributed by atoms with van der Waals surface area (Å²) in [5.41, 5.74) is 2.52. The molecule has 0 amide bonds. The van der Waals surface area contributed by atoms with Crippen molar-refractivity contribution in [2.45, 2.75) is 77.6 Å². The minimum absolute atomic E-state index is 0.00420. The summed E-state index contributed by atoms with van der Waals surface area (Å²) in [7, 11) is 0. The number of carboxylic acid groups (broad SMARTS) is 2. The Morgan fingerprint density at radius 2 is 1.87 bits per heavy atom. The molecular formula is C24H32O6. The predicted octanol–water partition coefficient (Wildman–Crippen LogP) is 4.54. The molecule has 164 valence electrons. The number of aliphatic carboxylic acids is 2. The molecule has 2 aliphatic rings. The summed E-state index contributed by atoms with van der Waals surface area (Å²) in [6.45, 7) is 7.88. The summed E-state index contributed by atoms with van der Waals surface area (Å²) in [6, 6.07) is 4.00. The van der Waals surface area contributed by atoms with Crippen LogP contribution in [0, 0.1) is 11.3 Å². The van der Waals surface area contributed by atoms with E-state index in [1.165, 1.54) is 5.56 Å². The predicted molar refractivity (Wildman–Crippen MR) is 112 cm³/mol. The fourth-order valence-corrected chi connectivity index (χ4v) is 5.76. The maximum absolute atomic E-state index is 12.8. The number of esters is 1. The standard InChI is InChI=1S/C24H32O6/c1-14(2)16-12-15-6-7-19-23(3,9-5-10-24(19,4)22(28)29)18(15)13-17(16)21(27)30-11-8-20(25)26/h12-14,19H,5-11H2,1-4H3,(H,25,26)(H,28,29). The zero-order valence-corrected chi connectivity index (χ0v) is 18.3. The van der Waals surface area contributed by atoms with Gasteiger partial charge in [-0.1, -0.05) is 33.3 Å². The Labute approximate surface area is 177 Å². The maximum atomic E-state index is 12.8.